The highest BCUT2D eigenvalue weighted by molar-refractivity contribution is 5.90. The van der Waals surface area contributed by atoms with Crippen molar-refractivity contribution in [3.63, 3.8) is 0 Å². The summed E-state index contributed by atoms with van der Waals surface area (Å²) >= 11 is 0. The van der Waals surface area contributed by atoms with E-state index in [0.29, 0.717) is 18.4 Å². The van der Waals surface area contributed by atoms with Crippen LogP contribution in [0.4, 0.5) is 5.69 Å². The molecular weight excluding hydrogens is 254 g/mol. The smallest absolute Gasteiger partial charge is 0.337 e. The summed E-state index contributed by atoms with van der Waals surface area (Å²) in [5.74, 6) is -0.146. The van der Waals surface area contributed by atoms with Gasteiger partial charge in [-0.05, 0) is 23.6 Å². The summed E-state index contributed by atoms with van der Waals surface area (Å²) in [6.07, 6.45) is 3.06. The van der Waals surface area contributed by atoms with Crippen molar-refractivity contribution in [2.45, 2.75) is 26.7 Å². The summed E-state index contributed by atoms with van der Waals surface area (Å²) in [5, 5.41) is 3.22. The van der Waals surface area contributed by atoms with Crippen LogP contribution in [0.15, 0.2) is 36.0 Å². The summed E-state index contributed by atoms with van der Waals surface area (Å²) in [4.78, 5) is 23.2. The summed E-state index contributed by atoms with van der Waals surface area (Å²) in [6, 6.07) is 7.06. The highest BCUT2D eigenvalue weighted by atomic mass is 16.5. The third kappa shape index (κ3) is 3.47. The molecule has 1 aliphatic carbocycles. The quantitative estimate of drug-likeness (QED) is 0.859. The molecule has 0 heterocycles. The van der Waals surface area contributed by atoms with Gasteiger partial charge in [-0.3, -0.25) is 4.79 Å². The molecule has 4 heteroatoms. The maximum Gasteiger partial charge on any atom is 0.337 e. The molecular formula is C16H19NO3. The minimum Gasteiger partial charge on any atom is -0.465 e. The van der Waals surface area contributed by atoms with Crippen LogP contribution in [0.1, 0.15) is 37.0 Å². The van der Waals surface area contributed by atoms with Crippen LogP contribution in [0.5, 0.6) is 0 Å². The Morgan fingerprint density at radius 2 is 2.10 bits per heavy atom. The minimum absolute atomic E-state index is 0.127. The lowest BCUT2D eigenvalue weighted by Crippen LogP contribution is -2.23. The number of carbonyl (C=O) groups excluding carboxylic acids is 2. The Morgan fingerprint density at radius 3 is 2.75 bits per heavy atom. The zero-order valence-electron chi connectivity index (χ0n) is 12.0. The van der Waals surface area contributed by atoms with E-state index in [9.17, 15) is 9.59 Å². The average molecular weight is 273 g/mol. The van der Waals surface area contributed by atoms with Crippen LogP contribution in [0, 0.1) is 5.41 Å². The Bertz CT molecular complexity index is 573. The van der Waals surface area contributed by atoms with Crippen molar-refractivity contribution in [3.8, 4) is 0 Å². The minimum atomic E-state index is -0.373. The van der Waals surface area contributed by atoms with Gasteiger partial charge in [0.05, 0.1) is 12.7 Å². The molecule has 0 bridgehead atoms. The van der Waals surface area contributed by atoms with Gasteiger partial charge >= 0.3 is 5.97 Å². The molecule has 106 valence electrons. The van der Waals surface area contributed by atoms with E-state index >= 15 is 0 Å². The third-order valence-corrected chi connectivity index (χ3v) is 3.19. The predicted molar refractivity (Wildman–Crippen MR) is 77.5 cm³/mol. The van der Waals surface area contributed by atoms with Crippen molar-refractivity contribution in [2.24, 2.45) is 5.41 Å². The average Bonchev–Trinajstić information content (AvgIpc) is 2.35. The fourth-order valence-corrected chi connectivity index (χ4v) is 2.46. The van der Waals surface area contributed by atoms with E-state index in [1.54, 1.807) is 18.2 Å². The number of carbonyl (C=O) groups is 2. The molecule has 20 heavy (non-hydrogen) atoms. The van der Waals surface area contributed by atoms with E-state index in [0.717, 1.165) is 11.4 Å². The van der Waals surface area contributed by atoms with E-state index in [2.05, 4.69) is 11.4 Å². The lowest BCUT2D eigenvalue weighted by Gasteiger charge is -2.27. The van der Waals surface area contributed by atoms with Crippen LogP contribution in [0.2, 0.25) is 0 Å². The van der Waals surface area contributed by atoms with Crippen LogP contribution in [-0.4, -0.2) is 18.9 Å². The van der Waals surface area contributed by atoms with Crippen molar-refractivity contribution in [3.05, 3.63) is 41.6 Å². The van der Waals surface area contributed by atoms with Gasteiger partial charge in [-0.1, -0.05) is 26.0 Å². The number of nitrogens with one attached hydrogen (secondary N) is 1. The number of hydrogen-bond donors (Lipinski definition) is 1. The summed E-state index contributed by atoms with van der Waals surface area (Å²) < 4.78 is 4.70. The second-order valence-corrected chi connectivity index (χ2v) is 5.75. The molecule has 0 spiro atoms. The molecule has 4 nitrogen and oxygen atoms in total. The molecule has 0 fully saturated rings. The van der Waals surface area contributed by atoms with Gasteiger partial charge in [0.1, 0.15) is 5.78 Å². The third-order valence-electron chi connectivity index (χ3n) is 3.19. The van der Waals surface area contributed by atoms with Gasteiger partial charge in [0, 0.05) is 24.2 Å². The molecule has 0 aliphatic heterocycles. The zero-order valence-corrected chi connectivity index (χ0v) is 12.0. The monoisotopic (exact) mass is 273 g/mol. The van der Waals surface area contributed by atoms with Crippen LogP contribution in [-0.2, 0) is 9.53 Å². The number of rotatable bonds is 3. The fourth-order valence-electron chi connectivity index (χ4n) is 2.46. The Balaban J connectivity index is 2.20. The van der Waals surface area contributed by atoms with Gasteiger partial charge < -0.3 is 10.1 Å². The van der Waals surface area contributed by atoms with Crippen LogP contribution >= 0.6 is 0 Å². The number of benzene rings is 1. The lowest BCUT2D eigenvalue weighted by atomic mass is 9.81. The van der Waals surface area contributed by atoms with Gasteiger partial charge in [0.15, 0.2) is 0 Å². The predicted octanol–water partition coefficient (Wildman–Crippen LogP) is 3.16. The van der Waals surface area contributed by atoms with Gasteiger partial charge in [-0.2, -0.15) is 0 Å². The first-order chi connectivity index (χ1) is 9.39. The summed E-state index contributed by atoms with van der Waals surface area (Å²) in [6.45, 7) is 4.08. The highest BCUT2D eigenvalue weighted by Crippen LogP contribution is 2.31. The normalized spacial score (nSPS) is 17.4. The van der Waals surface area contributed by atoms with E-state index in [1.807, 2.05) is 19.9 Å². The number of hydrogen-bond acceptors (Lipinski definition) is 4. The SMILES string of the molecule is COC(=O)c1cccc(NC2=CC(C)(C)CC(=O)C2)c1. The molecule has 1 aromatic rings. The Labute approximate surface area is 118 Å². The van der Waals surface area contributed by atoms with Crippen molar-refractivity contribution in [2.75, 3.05) is 12.4 Å². The summed E-state index contributed by atoms with van der Waals surface area (Å²) in [5.41, 5.74) is 2.02. The van der Waals surface area contributed by atoms with E-state index in [-0.39, 0.29) is 17.2 Å². The standard InChI is InChI=1S/C16H19NO3/c1-16(2)9-13(8-14(18)10-16)17-12-6-4-5-11(7-12)15(19)20-3/h4-7,9,17H,8,10H2,1-3H3. The van der Waals surface area contributed by atoms with E-state index in [1.165, 1.54) is 7.11 Å². The Morgan fingerprint density at radius 1 is 1.35 bits per heavy atom. The van der Waals surface area contributed by atoms with Crippen molar-refractivity contribution in [1.29, 1.82) is 0 Å². The Hall–Kier alpha value is -2.10. The largest absolute Gasteiger partial charge is 0.465 e. The molecule has 0 radical (unpaired) electrons. The molecule has 1 N–H and O–H groups in total. The molecule has 0 aromatic heterocycles. The van der Waals surface area contributed by atoms with Gasteiger partial charge in [-0.25, -0.2) is 4.79 Å². The first-order valence-corrected chi connectivity index (χ1v) is 6.58. The number of Topliss-reactive ketones (excluding diaryl/α,β-unsaturated/α-hetero) is 1. The van der Waals surface area contributed by atoms with Crippen molar-refractivity contribution < 1.29 is 14.3 Å². The number of ketones is 1. The first-order valence-electron chi connectivity index (χ1n) is 6.58. The number of esters is 1. The fraction of sp³-hybridized carbons (Fsp3) is 0.375. The maximum atomic E-state index is 11.7. The number of allylic oxidation sites excluding steroid dienone is 2. The molecule has 2 rings (SSSR count). The molecule has 0 atom stereocenters. The van der Waals surface area contributed by atoms with Gasteiger partial charge in [-0.15, -0.1) is 0 Å². The topological polar surface area (TPSA) is 55.4 Å². The van der Waals surface area contributed by atoms with Crippen molar-refractivity contribution >= 4 is 17.4 Å². The van der Waals surface area contributed by atoms with Crippen LogP contribution in [0.25, 0.3) is 0 Å². The Kier molecular flexibility index (Phi) is 3.93. The van der Waals surface area contributed by atoms with E-state index in [4.69, 9.17) is 4.74 Å². The summed E-state index contributed by atoms with van der Waals surface area (Å²) in [7, 11) is 1.35. The second kappa shape index (κ2) is 5.49. The second-order valence-electron chi connectivity index (χ2n) is 5.75. The van der Waals surface area contributed by atoms with Crippen molar-refractivity contribution in [1.82, 2.24) is 0 Å². The molecule has 0 saturated carbocycles. The van der Waals surface area contributed by atoms with E-state index < -0.39 is 0 Å². The maximum absolute atomic E-state index is 11.7. The van der Waals surface area contributed by atoms with Gasteiger partial charge in [0.2, 0.25) is 0 Å². The highest BCUT2D eigenvalue weighted by Gasteiger charge is 2.26. The molecule has 0 unspecified atom stereocenters. The molecule has 0 amide bonds. The molecule has 1 aliphatic rings. The lowest BCUT2D eigenvalue weighted by molar-refractivity contribution is -0.120. The van der Waals surface area contributed by atoms with Gasteiger partial charge in [0.25, 0.3) is 0 Å². The molecule has 1 aromatic carbocycles. The zero-order chi connectivity index (χ0) is 14.8. The number of anilines is 1. The molecule has 0 saturated heterocycles. The first kappa shape index (κ1) is 14.3. The number of methoxy groups -OCH3 is 1. The van der Waals surface area contributed by atoms with Crippen LogP contribution in [0.3, 0.4) is 0 Å². The van der Waals surface area contributed by atoms with Crippen LogP contribution < -0.4 is 5.32 Å². The number of ether oxygens (including phenoxy) is 1.